The molecule has 1 saturated heterocycles. The van der Waals surface area contributed by atoms with Crippen molar-refractivity contribution in [3.8, 4) is 0 Å². The largest absolute Gasteiger partial charge is 0.369 e. The summed E-state index contributed by atoms with van der Waals surface area (Å²) in [5.41, 5.74) is 3.35. The number of hydrogen-bond donors (Lipinski definition) is 2. The molecule has 1 aliphatic heterocycles. The van der Waals surface area contributed by atoms with Gasteiger partial charge in [0.15, 0.2) is 0 Å². The number of nitrogens with zero attached hydrogens (tertiary/aromatic N) is 3. The van der Waals surface area contributed by atoms with Gasteiger partial charge in [0.1, 0.15) is 0 Å². The average molecular weight is 318 g/mol. The van der Waals surface area contributed by atoms with Crippen LogP contribution in [0.3, 0.4) is 0 Å². The Kier molecular flexibility index (Phi) is 6.34. The number of hydrogen-bond acceptors (Lipinski definition) is 4. The lowest BCUT2D eigenvalue weighted by Gasteiger charge is -2.34. The third-order valence-electron chi connectivity index (χ3n) is 3.77. The minimum Gasteiger partial charge on any atom is -0.369 e. The molecule has 0 aromatic heterocycles. The van der Waals surface area contributed by atoms with E-state index in [1.54, 1.807) is 11.7 Å². The standard InChI is InChI=1S/C17H26N4S/c1-14(2)18-13-19-17(12-22)15-4-6-16(7-5-15)21-10-8-20(3)9-11-21/h4-7,12-14,22H,8-11H2,1-3H3,(H,18,19)/b17-12-. The van der Waals surface area contributed by atoms with E-state index in [1.807, 2.05) is 13.8 Å². The molecule has 2 rings (SSSR count). The summed E-state index contributed by atoms with van der Waals surface area (Å²) in [5, 5.41) is 4.97. The molecule has 0 saturated carbocycles. The van der Waals surface area contributed by atoms with Crippen molar-refractivity contribution >= 4 is 30.4 Å². The molecule has 0 radical (unpaired) electrons. The number of nitrogens with one attached hydrogen (secondary N) is 1. The van der Waals surface area contributed by atoms with Gasteiger partial charge >= 0.3 is 0 Å². The Morgan fingerprint density at radius 2 is 1.82 bits per heavy atom. The predicted molar refractivity (Wildman–Crippen MR) is 99.9 cm³/mol. The van der Waals surface area contributed by atoms with Gasteiger partial charge in [-0.2, -0.15) is 0 Å². The van der Waals surface area contributed by atoms with E-state index in [4.69, 9.17) is 0 Å². The number of rotatable bonds is 5. The third kappa shape index (κ3) is 4.78. The Bertz CT molecular complexity index is 514. The third-order valence-corrected chi connectivity index (χ3v) is 4.03. The molecule has 1 N–H and O–H groups in total. The molecule has 5 heteroatoms. The van der Waals surface area contributed by atoms with Crippen LogP contribution in [-0.4, -0.2) is 50.5 Å². The molecule has 0 amide bonds. The first-order chi connectivity index (χ1) is 10.6. The van der Waals surface area contributed by atoms with Crippen molar-refractivity contribution in [2.24, 2.45) is 4.99 Å². The molecule has 0 bridgehead atoms. The van der Waals surface area contributed by atoms with E-state index in [0.717, 1.165) is 37.4 Å². The van der Waals surface area contributed by atoms with Crippen LogP contribution in [0.4, 0.5) is 5.69 Å². The second-order valence-electron chi connectivity index (χ2n) is 5.90. The van der Waals surface area contributed by atoms with Crippen LogP contribution in [0.15, 0.2) is 34.7 Å². The molecule has 1 aromatic rings. The van der Waals surface area contributed by atoms with Gasteiger partial charge in [-0.05, 0) is 44.0 Å². The van der Waals surface area contributed by atoms with Crippen LogP contribution < -0.4 is 10.2 Å². The van der Waals surface area contributed by atoms with Crippen LogP contribution in [0.1, 0.15) is 19.4 Å². The van der Waals surface area contributed by atoms with Gasteiger partial charge < -0.3 is 15.1 Å². The first kappa shape index (κ1) is 16.9. The van der Waals surface area contributed by atoms with Crippen molar-refractivity contribution in [1.29, 1.82) is 0 Å². The molecule has 0 spiro atoms. The monoisotopic (exact) mass is 318 g/mol. The molecule has 0 unspecified atom stereocenters. The maximum Gasteiger partial charge on any atom is 0.0871 e. The first-order valence-electron chi connectivity index (χ1n) is 7.76. The van der Waals surface area contributed by atoms with E-state index < -0.39 is 0 Å². The van der Waals surface area contributed by atoms with Crippen LogP contribution in [-0.2, 0) is 0 Å². The Hall–Kier alpha value is -1.46. The molecule has 0 aliphatic carbocycles. The summed E-state index contributed by atoms with van der Waals surface area (Å²) in [6.45, 7) is 8.52. The Morgan fingerprint density at radius 1 is 1.18 bits per heavy atom. The van der Waals surface area contributed by atoms with E-state index >= 15 is 0 Å². The van der Waals surface area contributed by atoms with Gasteiger partial charge in [0.2, 0.25) is 0 Å². The number of anilines is 1. The lowest BCUT2D eigenvalue weighted by atomic mass is 10.1. The van der Waals surface area contributed by atoms with Gasteiger partial charge in [-0.3, -0.25) is 4.99 Å². The lowest BCUT2D eigenvalue weighted by Crippen LogP contribution is -2.44. The van der Waals surface area contributed by atoms with Gasteiger partial charge in [-0.25, -0.2) is 0 Å². The average Bonchev–Trinajstić information content (AvgIpc) is 2.52. The summed E-state index contributed by atoms with van der Waals surface area (Å²) >= 11 is 4.29. The van der Waals surface area contributed by atoms with E-state index in [0.29, 0.717) is 0 Å². The molecule has 1 aliphatic rings. The fraction of sp³-hybridized carbons (Fsp3) is 0.471. The Labute approximate surface area is 139 Å². The number of aliphatic imine (C=N–C) groups is 1. The zero-order valence-corrected chi connectivity index (χ0v) is 14.6. The van der Waals surface area contributed by atoms with Crippen molar-refractivity contribution in [3.05, 3.63) is 35.2 Å². The van der Waals surface area contributed by atoms with Crippen molar-refractivity contribution in [2.45, 2.75) is 19.9 Å². The van der Waals surface area contributed by atoms with Crippen molar-refractivity contribution in [2.75, 3.05) is 38.1 Å². The molecule has 120 valence electrons. The van der Waals surface area contributed by atoms with Gasteiger partial charge in [0.05, 0.1) is 12.0 Å². The highest BCUT2D eigenvalue weighted by atomic mass is 32.1. The van der Waals surface area contributed by atoms with E-state index in [9.17, 15) is 0 Å². The second-order valence-corrected chi connectivity index (χ2v) is 6.15. The fourth-order valence-corrected chi connectivity index (χ4v) is 2.59. The summed E-state index contributed by atoms with van der Waals surface area (Å²) in [6.07, 6.45) is 1.74. The highest BCUT2D eigenvalue weighted by Crippen LogP contribution is 2.20. The quantitative estimate of drug-likeness (QED) is 0.497. The SMILES string of the molecule is CC(C)N=CN/C(=C\S)c1ccc(N2CCN(C)CC2)cc1. The van der Waals surface area contributed by atoms with Gasteiger partial charge in [0, 0.05) is 37.9 Å². The zero-order chi connectivity index (χ0) is 15.9. The lowest BCUT2D eigenvalue weighted by molar-refractivity contribution is 0.313. The van der Waals surface area contributed by atoms with Crippen molar-refractivity contribution < 1.29 is 0 Å². The highest BCUT2D eigenvalue weighted by molar-refractivity contribution is 7.83. The van der Waals surface area contributed by atoms with Crippen LogP contribution >= 0.6 is 12.6 Å². The molecular weight excluding hydrogens is 292 g/mol. The van der Waals surface area contributed by atoms with E-state index in [2.05, 4.69) is 64.1 Å². The van der Waals surface area contributed by atoms with Crippen LogP contribution in [0, 0.1) is 0 Å². The Morgan fingerprint density at radius 3 is 2.36 bits per heavy atom. The topological polar surface area (TPSA) is 30.9 Å². The normalized spacial score (nSPS) is 17.5. The zero-order valence-electron chi connectivity index (χ0n) is 13.7. The first-order valence-corrected chi connectivity index (χ1v) is 8.28. The molecule has 1 aromatic carbocycles. The van der Waals surface area contributed by atoms with Crippen LogP contribution in [0.5, 0.6) is 0 Å². The van der Waals surface area contributed by atoms with Crippen molar-refractivity contribution in [3.63, 3.8) is 0 Å². The Balaban J connectivity index is 2.01. The second kappa shape index (κ2) is 8.25. The minimum absolute atomic E-state index is 0.285. The fourth-order valence-electron chi connectivity index (χ4n) is 2.37. The number of likely N-dealkylation sites (N-methyl/N-ethyl adjacent to an activating group) is 1. The maximum atomic E-state index is 4.31. The molecule has 1 heterocycles. The van der Waals surface area contributed by atoms with E-state index in [-0.39, 0.29) is 6.04 Å². The van der Waals surface area contributed by atoms with E-state index in [1.165, 1.54) is 5.69 Å². The predicted octanol–water partition coefficient (Wildman–Crippen LogP) is 2.69. The molecule has 22 heavy (non-hydrogen) atoms. The minimum atomic E-state index is 0.285. The maximum absolute atomic E-state index is 4.31. The number of piperazine rings is 1. The van der Waals surface area contributed by atoms with Crippen molar-refractivity contribution in [1.82, 2.24) is 10.2 Å². The smallest absolute Gasteiger partial charge is 0.0871 e. The molecular formula is C17H26N4S. The summed E-state index contributed by atoms with van der Waals surface area (Å²) in [4.78, 5) is 9.11. The summed E-state index contributed by atoms with van der Waals surface area (Å²) < 4.78 is 0. The van der Waals surface area contributed by atoms with Crippen LogP contribution in [0.25, 0.3) is 5.70 Å². The summed E-state index contributed by atoms with van der Waals surface area (Å²) in [6, 6.07) is 8.91. The number of thiol groups is 1. The van der Waals surface area contributed by atoms with Crippen LogP contribution in [0.2, 0.25) is 0 Å². The molecule has 4 nitrogen and oxygen atoms in total. The number of benzene rings is 1. The van der Waals surface area contributed by atoms with Gasteiger partial charge in [-0.15, -0.1) is 12.6 Å². The summed E-state index contributed by atoms with van der Waals surface area (Å²) in [7, 11) is 2.18. The van der Waals surface area contributed by atoms with Gasteiger partial charge in [-0.1, -0.05) is 12.1 Å². The summed E-state index contributed by atoms with van der Waals surface area (Å²) in [5.74, 6) is 0. The van der Waals surface area contributed by atoms with Gasteiger partial charge in [0.25, 0.3) is 0 Å². The molecule has 1 fully saturated rings. The highest BCUT2D eigenvalue weighted by Gasteiger charge is 2.14. The molecule has 0 atom stereocenters.